The van der Waals surface area contributed by atoms with Crippen LogP contribution in [0.3, 0.4) is 0 Å². The minimum absolute atomic E-state index is 0.0688. The summed E-state index contributed by atoms with van der Waals surface area (Å²) in [6, 6.07) is 0.0956. The van der Waals surface area contributed by atoms with E-state index in [9.17, 15) is 4.79 Å². The number of ether oxygens (including phenoxy) is 1. The lowest BCUT2D eigenvalue weighted by molar-refractivity contribution is -0.127. The molecule has 0 spiro atoms. The minimum Gasteiger partial charge on any atom is -0.379 e. The van der Waals surface area contributed by atoms with Crippen molar-refractivity contribution in [3.63, 3.8) is 0 Å². The molecular formula is C16H29N3O2. The second-order valence-electron chi connectivity index (χ2n) is 7.20. The molecule has 1 saturated heterocycles. The van der Waals surface area contributed by atoms with Crippen molar-refractivity contribution in [1.29, 1.82) is 0 Å². The molecule has 1 heterocycles. The van der Waals surface area contributed by atoms with Crippen LogP contribution in [0.5, 0.6) is 0 Å². The summed E-state index contributed by atoms with van der Waals surface area (Å²) in [5.74, 6) is 1.88. The number of rotatable bonds is 5. The Labute approximate surface area is 127 Å². The van der Waals surface area contributed by atoms with E-state index in [0.717, 1.165) is 39.4 Å². The summed E-state index contributed by atoms with van der Waals surface area (Å²) in [4.78, 5) is 14.8. The van der Waals surface area contributed by atoms with Crippen molar-refractivity contribution in [2.45, 2.75) is 32.2 Å². The molecule has 5 atom stereocenters. The van der Waals surface area contributed by atoms with E-state index < -0.39 is 0 Å². The van der Waals surface area contributed by atoms with Gasteiger partial charge in [0.1, 0.15) is 0 Å². The number of nitrogens with two attached hydrogens (primary N) is 1. The van der Waals surface area contributed by atoms with E-state index in [1.54, 1.807) is 0 Å². The van der Waals surface area contributed by atoms with Gasteiger partial charge in [-0.3, -0.25) is 9.69 Å². The maximum absolute atomic E-state index is 12.4. The summed E-state index contributed by atoms with van der Waals surface area (Å²) in [5.41, 5.74) is 6.24. The smallest absolute Gasteiger partial charge is 0.224 e. The van der Waals surface area contributed by atoms with Gasteiger partial charge in [-0.15, -0.1) is 0 Å². The lowest BCUT2D eigenvalue weighted by atomic mass is 9.84. The number of morpholine rings is 1. The predicted molar refractivity (Wildman–Crippen MR) is 81.7 cm³/mol. The molecule has 1 aliphatic heterocycles. The van der Waals surface area contributed by atoms with Crippen molar-refractivity contribution in [3.05, 3.63) is 0 Å². The van der Waals surface area contributed by atoms with Gasteiger partial charge in [0.25, 0.3) is 0 Å². The van der Waals surface area contributed by atoms with Gasteiger partial charge in [0.2, 0.25) is 5.91 Å². The SMILES string of the molecule is CC(CNC(=O)C1C2CCC(C2)C1N)CN1CCOCC1. The molecule has 3 fully saturated rings. The van der Waals surface area contributed by atoms with Gasteiger partial charge in [-0.05, 0) is 37.0 Å². The molecular weight excluding hydrogens is 266 g/mol. The average Bonchev–Trinajstić information content (AvgIpc) is 3.07. The average molecular weight is 295 g/mol. The van der Waals surface area contributed by atoms with Crippen LogP contribution in [0, 0.1) is 23.7 Å². The van der Waals surface area contributed by atoms with E-state index in [-0.39, 0.29) is 17.9 Å². The van der Waals surface area contributed by atoms with Gasteiger partial charge < -0.3 is 15.8 Å². The number of nitrogens with one attached hydrogen (secondary N) is 1. The van der Waals surface area contributed by atoms with Crippen LogP contribution >= 0.6 is 0 Å². The predicted octanol–water partition coefficient (Wildman–Crippen LogP) is 0.444. The second-order valence-corrected chi connectivity index (χ2v) is 7.20. The topological polar surface area (TPSA) is 67.6 Å². The monoisotopic (exact) mass is 295 g/mol. The van der Waals surface area contributed by atoms with Crippen LogP contribution in [0.2, 0.25) is 0 Å². The Morgan fingerprint density at radius 2 is 2.05 bits per heavy atom. The van der Waals surface area contributed by atoms with Gasteiger partial charge in [-0.1, -0.05) is 6.92 Å². The Balaban J connectivity index is 1.41. The van der Waals surface area contributed by atoms with Crippen molar-refractivity contribution in [3.8, 4) is 0 Å². The summed E-state index contributed by atoms with van der Waals surface area (Å²) >= 11 is 0. The molecule has 0 aromatic heterocycles. The highest BCUT2D eigenvalue weighted by atomic mass is 16.5. The van der Waals surface area contributed by atoms with Gasteiger partial charge in [0.15, 0.2) is 0 Å². The zero-order valence-corrected chi connectivity index (χ0v) is 13.1. The first-order valence-corrected chi connectivity index (χ1v) is 8.48. The Morgan fingerprint density at radius 3 is 2.71 bits per heavy atom. The molecule has 3 rings (SSSR count). The Bertz CT molecular complexity index is 369. The second kappa shape index (κ2) is 6.63. The van der Waals surface area contributed by atoms with Crippen LogP contribution in [0.1, 0.15) is 26.2 Å². The molecule has 3 N–H and O–H groups in total. The zero-order chi connectivity index (χ0) is 14.8. The number of nitrogens with zero attached hydrogens (tertiary/aromatic N) is 1. The third-order valence-electron chi connectivity index (χ3n) is 5.58. The lowest BCUT2D eigenvalue weighted by Crippen LogP contribution is -2.47. The molecule has 5 unspecified atom stereocenters. The van der Waals surface area contributed by atoms with Crippen LogP contribution in [0.25, 0.3) is 0 Å². The number of carbonyl (C=O) groups excluding carboxylic acids is 1. The summed E-state index contributed by atoms with van der Waals surface area (Å²) in [7, 11) is 0. The van der Waals surface area contributed by atoms with E-state index in [2.05, 4.69) is 17.1 Å². The molecule has 0 radical (unpaired) electrons. The summed E-state index contributed by atoms with van der Waals surface area (Å²) in [5, 5.41) is 3.15. The first kappa shape index (κ1) is 15.3. The maximum atomic E-state index is 12.4. The molecule has 3 aliphatic rings. The first-order chi connectivity index (χ1) is 10.1. The van der Waals surface area contributed by atoms with Crippen LogP contribution in [0.15, 0.2) is 0 Å². The Hall–Kier alpha value is -0.650. The van der Waals surface area contributed by atoms with E-state index in [4.69, 9.17) is 10.5 Å². The zero-order valence-electron chi connectivity index (χ0n) is 13.1. The van der Waals surface area contributed by atoms with Crippen LogP contribution in [0.4, 0.5) is 0 Å². The van der Waals surface area contributed by atoms with Crippen LogP contribution in [-0.4, -0.2) is 56.2 Å². The highest BCUT2D eigenvalue weighted by molar-refractivity contribution is 5.80. The van der Waals surface area contributed by atoms with Gasteiger partial charge in [-0.2, -0.15) is 0 Å². The third kappa shape index (κ3) is 3.41. The molecule has 2 aliphatic carbocycles. The fourth-order valence-electron chi connectivity index (χ4n) is 4.41. The van der Waals surface area contributed by atoms with Crippen molar-refractivity contribution in [2.75, 3.05) is 39.4 Å². The third-order valence-corrected chi connectivity index (χ3v) is 5.58. The highest BCUT2D eigenvalue weighted by Gasteiger charge is 2.48. The van der Waals surface area contributed by atoms with E-state index in [1.165, 1.54) is 19.3 Å². The number of fused-ring (bicyclic) bond motifs is 2. The first-order valence-electron chi connectivity index (χ1n) is 8.48. The molecule has 2 bridgehead atoms. The molecule has 5 nitrogen and oxygen atoms in total. The number of hydrogen-bond donors (Lipinski definition) is 2. The summed E-state index contributed by atoms with van der Waals surface area (Å²) in [6.07, 6.45) is 3.59. The van der Waals surface area contributed by atoms with Crippen LogP contribution < -0.4 is 11.1 Å². The standard InChI is InChI=1S/C16H29N3O2/c1-11(10-19-4-6-21-7-5-19)9-18-16(20)14-12-2-3-13(8-12)15(14)17/h11-15H,2-10,17H2,1H3,(H,18,20). The van der Waals surface area contributed by atoms with Gasteiger partial charge in [0, 0.05) is 32.2 Å². The van der Waals surface area contributed by atoms with Crippen molar-refractivity contribution >= 4 is 5.91 Å². The van der Waals surface area contributed by atoms with Crippen LogP contribution in [-0.2, 0) is 9.53 Å². The van der Waals surface area contributed by atoms with E-state index in [0.29, 0.717) is 17.8 Å². The summed E-state index contributed by atoms with van der Waals surface area (Å²) in [6.45, 7) is 7.68. The number of amides is 1. The molecule has 2 saturated carbocycles. The molecule has 0 aromatic carbocycles. The van der Waals surface area contributed by atoms with Gasteiger partial charge in [0.05, 0.1) is 19.1 Å². The van der Waals surface area contributed by atoms with Crippen molar-refractivity contribution in [2.24, 2.45) is 29.4 Å². The summed E-state index contributed by atoms with van der Waals surface area (Å²) < 4.78 is 5.36. The number of hydrogen-bond acceptors (Lipinski definition) is 4. The largest absolute Gasteiger partial charge is 0.379 e. The number of carbonyl (C=O) groups is 1. The fourth-order valence-corrected chi connectivity index (χ4v) is 4.41. The quantitative estimate of drug-likeness (QED) is 0.772. The molecule has 0 aromatic rings. The fraction of sp³-hybridized carbons (Fsp3) is 0.938. The van der Waals surface area contributed by atoms with Gasteiger partial charge >= 0.3 is 0 Å². The molecule has 21 heavy (non-hydrogen) atoms. The molecule has 5 heteroatoms. The normalized spacial score (nSPS) is 37.6. The molecule has 120 valence electrons. The van der Waals surface area contributed by atoms with Crippen molar-refractivity contribution < 1.29 is 9.53 Å². The van der Waals surface area contributed by atoms with E-state index in [1.807, 2.05) is 0 Å². The van der Waals surface area contributed by atoms with Gasteiger partial charge in [-0.25, -0.2) is 0 Å². The Kier molecular flexibility index (Phi) is 4.82. The van der Waals surface area contributed by atoms with Crippen molar-refractivity contribution in [1.82, 2.24) is 10.2 Å². The molecule has 1 amide bonds. The van der Waals surface area contributed by atoms with E-state index >= 15 is 0 Å². The Morgan fingerprint density at radius 1 is 1.33 bits per heavy atom. The minimum atomic E-state index is 0.0688. The highest BCUT2D eigenvalue weighted by Crippen LogP contribution is 2.47. The lowest BCUT2D eigenvalue weighted by Gasteiger charge is -2.30. The maximum Gasteiger partial charge on any atom is 0.224 e.